The van der Waals surface area contributed by atoms with Gasteiger partial charge in [0.1, 0.15) is 5.75 Å². The van der Waals surface area contributed by atoms with Crippen molar-refractivity contribution in [2.75, 3.05) is 26.7 Å². The molecule has 1 aliphatic heterocycles. The molecule has 0 aliphatic carbocycles. The molecule has 148 valence electrons. The van der Waals surface area contributed by atoms with E-state index in [0.29, 0.717) is 23.6 Å². The van der Waals surface area contributed by atoms with Gasteiger partial charge in [-0.2, -0.15) is 0 Å². The minimum atomic E-state index is -0.157. The van der Waals surface area contributed by atoms with E-state index < -0.39 is 0 Å². The van der Waals surface area contributed by atoms with E-state index in [-0.39, 0.29) is 11.8 Å². The monoisotopic (exact) mass is 380 g/mol. The molecule has 2 aromatic rings. The Morgan fingerprint density at radius 2 is 1.89 bits per heavy atom. The molecule has 5 heteroatoms. The van der Waals surface area contributed by atoms with Gasteiger partial charge in [0.2, 0.25) is 0 Å². The smallest absolute Gasteiger partial charge is 0.253 e. The second-order valence-corrected chi connectivity index (χ2v) is 7.43. The molecular weight excluding hydrogens is 352 g/mol. The predicted molar refractivity (Wildman–Crippen MR) is 110 cm³/mol. The molecular formula is C23H28N2O3. The molecule has 1 heterocycles. The number of nitrogens with one attached hydrogen (secondary N) is 1. The quantitative estimate of drug-likeness (QED) is 0.834. The zero-order valence-electron chi connectivity index (χ0n) is 16.6. The SMILES string of the molecule is COc1ccc(CCNC(=O)c2cccc(C(=O)N3CCCC(C)C3)c2)cc1. The van der Waals surface area contributed by atoms with Gasteiger partial charge in [0.25, 0.3) is 11.8 Å². The third-order valence-electron chi connectivity index (χ3n) is 5.17. The number of nitrogens with zero attached hydrogens (tertiary/aromatic N) is 1. The van der Waals surface area contributed by atoms with Gasteiger partial charge < -0.3 is 15.0 Å². The van der Waals surface area contributed by atoms with E-state index in [2.05, 4.69) is 12.2 Å². The predicted octanol–water partition coefficient (Wildman–Crippen LogP) is 3.54. The van der Waals surface area contributed by atoms with Crippen LogP contribution in [0.5, 0.6) is 5.75 Å². The lowest BCUT2D eigenvalue weighted by atomic mass is 9.99. The minimum absolute atomic E-state index is 0.0134. The molecule has 2 amide bonds. The number of carbonyl (C=O) groups is 2. The van der Waals surface area contributed by atoms with E-state index >= 15 is 0 Å². The Balaban J connectivity index is 1.56. The number of likely N-dealkylation sites (tertiary alicyclic amines) is 1. The summed E-state index contributed by atoms with van der Waals surface area (Å²) in [6.07, 6.45) is 2.94. The molecule has 0 saturated carbocycles. The second kappa shape index (κ2) is 9.40. The van der Waals surface area contributed by atoms with Crippen LogP contribution in [0.4, 0.5) is 0 Å². The fraction of sp³-hybridized carbons (Fsp3) is 0.391. The number of piperidine rings is 1. The summed E-state index contributed by atoms with van der Waals surface area (Å²) in [6, 6.07) is 14.8. The van der Waals surface area contributed by atoms with Crippen LogP contribution in [0.15, 0.2) is 48.5 Å². The van der Waals surface area contributed by atoms with Crippen LogP contribution in [-0.4, -0.2) is 43.5 Å². The summed E-state index contributed by atoms with van der Waals surface area (Å²) in [5.41, 5.74) is 2.23. The van der Waals surface area contributed by atoms with Crippen LogP contribution in [0.25, 0.3) is 0 Å². The highest BCUT2D eigenvalue weighted by Crippen LogP contribution is 2.18. The van der Waals surface area contributed by atoms with Crippen LogP contribution in [0.1, 0.15) is 46.0 Å². The summed E-state index contributed by atoms with van der Waals surface area (Å²) < 4.78 is 5.15. The van der Waals surface area contributed by atoms with Crippen molar-refractivity contribution in [1.82, 2.24) is 10.2 Å². The first-order valence-corrected chi connectivity index (χ1v) is 9.87. The molecule has 28 heavy (non-hydrogen) atoms. The van der Waals surface area contributed by atoms with Crippen LogP contribution in [0.3, 0.4) is 0 Å². The number of ether oxygens (including phenoxy) is 1. The van der Waals surface area contributed by atoms with Crippen molar-refractivity contribution in [2.24, 2.45) is 5.92 Å². The van der Waals surface area contributed by atoms with Crippen LogP contribution in [0, 0.1) is 5.92 Å². The second-order valence-electron chi connectivity index (χ2n) is 7.43. The Bertz CT molecular complexity index is 817. The number of amides is 2. The lowest BCUT2D eigenvalue weighted by Crippen LogP contribution is -2.39. The maximum atomic E-state index is 12.8. The van der Waals surface area contributed by atoms with Crippen molar-refractivity contribution in [3.8, 4) is 5.75 Å². The van der Waals surface area contributed by atoms with Crippen LogP contribution in [-0.2, 0) is 6.42 Å². The molecule has 1 N–H and O–H groups in total. The van der Waals surface area contributed by atoms with Crippen LogP contribution >= 0.6 is 0 Å². The lowest BCUT2D eigenvalue weighted by Gasteiger charge is -2.31. The van der Waals surface area contributed by atoms with Gasteiger partial charge >= 0.3 is 0 Å². The van der Waals surface area contributed by atoms with E-state index in [4.69, 9.17) is 4.74 Å². The van der Waals surface area contributed by atoms with Gasteiger partial charge in [-0.3, -0.25) is 9.59 Å². The first kappa shape index (κ1) is 19.9. The topological polar surface area (TPSA) is 58.6 Å². The van der Waals surface area contributed by atoms with Crippen LogP contribution < -0.4 is 10.1 Å². The fourth-order valence-electron chi connectivity index (χ4n) is 3.56. The number of carbonyl (C=O) groups excluding carboxylic acids is 2. The summed E-state index contributed by atoms with van der Waals surface area (Å²) in [7, 11) is 1.64. The molecule has 5 nitrogen and oxygen atoms in total. The largest absolute Gasteiger partial charge is 0.497 e. The number of benzene rings is 2. The number of hydrogen-bond acceptors (Lipinski definition) is 3. The van der Waals surface area contributed by atoms with Crippen molar-refractivity contribution >= 4 is 11.8 Å². The summed E-state index contributed by atoms with van der Waals surface area (Å²) in [4.78, 5) is 27.1. The standard InChI is InChI=1S/C23H28N2O3/c1-17-5-4-14-25(16-17)23(27)20-7-3-6-19(15-20)22(26)24-13-12-18-8-10-21(28-2)11-9-18/h3,6-11,15,17H,4-5,12-14,16H2,1-2H3,(H,24,26). The zero-order valence-corrected chi connectivity index (χ0v) is 16.6. The molecule has 1 unspecified atom stereocenters. The third kappa shape index (κ3) is 5.12. The Hall–Kier alpha value is -2.82. The van der Waals surface area contributed by atoms with Gasteiger partial charge in [-0.25, -0.2) is 0 Å². The molecule has 2 aromatic carbocycles. The van der Waals surface area contributed by atoms with Crippen molar-refractivity contribution < 1.29 is 14.3 Å². The van der Waals surface area contributed by atoms with Crippen LogP contribution in [0.2, 0.25) is 0 Å². The molecule has 1 fully saturated rings. The van der Waals surface area contributed by atoms with Crippen molar-refractivity contribution in [1.29, 1.82) is 0 Å². The molecule has 0 radical (unpaired) electrons. The molecule has 3 rings (SSSR count). The number of hydrogen-bond donors (Lipinski definition) is 1. The van der Waals surface area contributed by atoms with E-state index in [0.717, 1.165) is 37.2 Å². The number of methoxy groups -OCH3 is 1. The zero-order chi connectivity index (χ0) is 19.9. The molecule has 1 atom stereocenters. The van der Waals surface area contributed by atoms with Crippen molar-refractivity contribution in [3.63, 3.8) is 0 Å². The van der Waals surface area contributed by atoms with E-state index in [1.807, 2.05) is 29.2 Å². The molecule has 0 bridgehead atoms. The summed E-state index contributed by atoms with van der Waals surface area (Å²) in [6.45, 7) is 4.29. The molecule has 0 spiro atoms. The Kier molecular flexibility index (Phi) is 6.69. The summed E-state index contributed by atoms with van der Waals surface area (Å²) in [5.74, 6) is 1.20. The van der Waals surface area contributed by atoms with E-state index in [1.165, 1.54) is 6.42 Å². The van der Waals surface area contributed by atoms with Crippen molar-refractivity contribution in [2.45, 2.75) is 26.2 Å². The number of rotatable bonds is 6. The average Bonchev–Trinajstić information content (AvgIpc) is 2.73. The molecule has 1 aliphatic rings. The normalized spacial score (nSPS) is 16.5. The van der Waals surface area contributed by atoms with Crippen molar-refractivity contribution in [3.05, 3.63) is 65.2 Å². The minimum Gasteiger partial charge on any atom is -0.497 e. The van der Waals surface area contributed by atoms with E-state index in [9.17, 15) is 9.59 Å². The fourth-order valence-corrected chi connectivity index (χ4v) is 3.56. The van der Waals surface area contributed by atoms with Gasteiger partial charge in [-0.15, -0.1) is 0 Å². The summed E-state index contributed by atoms with van der Waals surface area (Å²) >= 11 is 0. The van der Waals surface area contributed by atoms with Gasteiger partial charge in [-0.05, 0) is 61.1 Å². The highest BCUT2D eigenvalue weighted by molar-refractivity contribution is 5.99. The van der Waals surface area contributed by atoms with E-state index in [1.54, 1.807) is 31.4 Å². The Labute approximate surface area is 166 Å². The summed E-state index contributed by atoms with van der Waals surface area (Å²) in [5, 5.41) is 2.93. The van der Waals surface area contributed by atoms with Gasteiger partial charge in [0.05, 0.1) is 7.11 Å². The highest BCUT2D eigenvalue weighted by atomic mass is 16.5. The highest BCUT2D eigenvalue weighted by Gasteiger charge is 2.22. The maximum absolute atomic E-state index is 12.8. The lowest BCUT2D eigenvalue weighted by molar-refractivity contribution is 0.0683. The Morgan fingerprint density at radius 1 is 1.14 bits per heavy atom. The van der Waals surface area contributed by atoms with Gasteiger partial charge in [0.15, 0.2) is 0 Å². The average molecular weight is 380 g/mol. The first-order chi connectivity index (χ1) is 13.6. The van der Waals surface area contributed by atoms with Gasteiger partial charge in [0, 0.05) is 30.8 Å². The Morgan fingerprint density at radius 3 is 2.61 bits per heavy atom. The third-order valence-corrected chi connectivity index (χ3v) is 5.17. The molecule has 0 aromatic heterocycles. The van der Waals surface area contributed by atoms with Gasteiger partial charge in [-0.1, -0.05) is 25.1 Å². The molecule has 1 saturated heterocycles. The maximum Gasteiger partial charge on any atom is 0.253 e. The first-order valence-electron chi connectivity index (χ1n) is 9.87.